The third-order valence-electron chi connectivity index (χ3n) is 5.28. The molecule has 1 heterocycles. The molecular formula is C25H20ClNO4. The SMILES string of the molecule is COc1ccccc1C1/C(=C(\O)c2ccc(Cl)cc2)C(=O)C(=O)N1c1cccc(C)c1. The molecule has 1 saturated heterocycles. The van der Waals surface area contributed by atoms with Crippen LogP contribution in [0.1, 0.15) is 22.7 Å². The van der Waals surface area contributed by atoms with Crippen LogP contribution < -0.4 is 9.64 Å². The number of ketones is 1. The van der Waals surface area contributed by atoms with E-state index in [0.717, 1.165) is 5.56 Å². The Labute approximate surface area is 185 Å². The van der Waals surface area contributed by atoms with Crippen molar-refractivity contribution in [2.75, 3.05) is 12.0 Å². The molecule has 31 heavy (non-hydrogen) atoms. The minimum Gasteiger partial charge on any atom is -0.507 e. The molecule has 1 N–H and O–H groups in total. The average Bonchev–Trinajstić information content (AvgIpc) is 3.04. The first-order valence-corrected chi connectivity index (χ1v) is 10.1. The van der Waals surface area contributed by atoms with Gasteiger partial charge in [-0.2, -0.15) is 0 Å². The van der Waals surface area contributed by atoms with Crippen LogP contribution in [0.3, 0.4) is 0 Å². The Bertz CT molecular complexity index is 1200. The number of carbonyl (C=O) groups excluding carboxylic acids is 2. The average molecular weight is 434 g/mol. The van der Waals surface area contributed by atoms with Crippen molar-refractivity contribution in [2.24, 2.45) is 0 Å². The van der Waals surface area contributed by atoms with E-state index < -0.39 is 17.7 Å². The predicted octanol–water partition coefficient (Wildman–Crippen LogP) is 5.28. The monoisotopic (exact) mass is 433 g/mol. The molecule has 5 nitrogen and oxygen atoms in total. The number of benzene rings is 3. The van der Waals surface area contributed by atoms with Gasteiger partial charge in [-0.1, -0.05) is 41.9 Å². The number of hydrogen-bond donors (Lipinski definition) is 1. The number of Topliss-reactive ketones (excluding diaryl/α,β-unsaturated/α-hetero) is 1. The van der Waals surface area contributed by atoms with Gasteiger partial charge >= 0.3 is 0 Å². The smallest absolute Gasteiger partial charge is 0.300 e. The number of aliphatic hydroxyl groups excluding tert-OH is 1. The van der Waals surface area contributed by atoms with Crippen LogP contribution in [0.2, 0.25) is 5.02 Å². The number of nitrogens with zero attached hydrogens (tertiary/aromatic N) is 1. The molecule has 0 radical (unpaired) electrons. The Hall–Kier alpha value is -3.57. The first kappa shape index (κ1) is 20.7. The molecule has 1 amide bonds. The molecule has 0 saturated carbocycles. The highest BCUT2D eigenvalue weighted by atomic mass is 35.5. The number of amides is 1. The highest BCUT2D eigenvalue weighted by Crippen LogP contribution is 2.44. The second-order valence-electron chi connectivity index (χ2n) is 7.26. The Morgan fingerprint density at radius 2 is 1.71 bits per heavy atom. The van der Waals surface area contributed by atoms with Gasteiger partial charge in [-0.3, -0.25) is 14.5 Å². The van der Waals surface area contributed by atoms with Gasteiger partial charge in [0.1, 0.15) is 11.5 Å². The zero-order chi connectivity index (χ0) is 22.1. The van der Waals surface area contributed by atoms with Gasteiger partial charge in [0.2, 0.25) is 0 Å². The van der Waals surface area contributed by atoms with Crippen molar-refractivity contribution < 1.29 is 19.4 Å². The van der Waals surface area contributed by atoms with Crippen LogP contribution in [0.15, 0.2) is 78.4 Å². The number of carbonyl (C=O) groups is 2. The number of rotatable bonds is 4. The van der Waals surface area contributed by atoms with E-state index in [4.69, 9.17) is 16.3 Å². The van der Waals surface area contributed by atoms with Gasteiger partial charge in [-0.25, -0.2) is 0 Å². The Morgan fingerprint density at radius 1 is 1.00 bits per heavy atom. The van der Waals surface area contributed by atoms with Crippen molar-refractivity contribution >= 4 is 34.7 Å². The fourth-order valence-corrected chi connectivity index (χ4v) is 3.95. The van der Waals surface area contributed by atoms with Crippen LogP contribution in [-0.2, 0) is 9.59 Å². The third-order valence-corrected chi connectivity index (χ3v) is 5.53. The second kappa shape index (κ2) is 8.28. The number of ether oxygens (including phenoxy) is 1. The van der Waals surface area contributed by atoms with Gasteiger partial charge in [-0.15, -0.1) is 0 Å². The number of hydrogen-bond acceptors (Lipinski definition) is 4. The maximum Gasteiger partial charge on any atom is 0.300 e. The van der Waals surface area contributed by atoms with Crippen molar-refractivity contribution in [3.05, 3.63) is 100 Å². The van der Waals surface area contributed by atoms with Crippen molar-refractivity contribution in [2.45, 2.75) is 13.0 Å². The summed E-state index contributed by atoms with van der Waals surface area (Å²) in [5.41, 5.74) is 2.50. The fourth-order valence-electron chi connectivity index (χ4n) is 3.83. The van der Waals surface area contributed by atoms with E-state index in [1.165, 1.54) is 12.0 Å². The molecule has 4 rings (SSSR count). The summed E-state index contributed by atoms with van der Waals surface area (Å²) >= 11 is 5.97. The van der Waals surface area contributed by atoms with Crippen LogP contribution in [0.5, 0.6) is 5.75 Å². The lowest BCUT2D eigenvalue weighted by Gasteiger charge is -2.27. The van der Waals surface area contributed by atoms with Crippen LogP contribution in [0, 0.1) is 6.92 Å². The molecule has 0 bridgehead atoms. The highest BCUT2D eigenvalue weighted by Gasteiger charge is 2.47. The highest BCUT2D eigenvalue weighted by molar-refractivity contribution is 6.51. The van der Waals surface area contributed by atoms with Crippen molar-refractivity contribution in [1.82, 2.24) is 0 Å². The fraction of sp³-hybridized carbons (Fsp3) is 0.120. The van der Waals surface area contributed by atoms with Crippen LogP contribution in [-0.4, -0.2) is 23.9 Å². The Morgan fingerprint density at radius 3 is 2.39 bits per heavy atom. The molecule has 0 spiro atoms. The van der Waals surface area contributed by atoms with E-state index in [2.05, 4.69) is 0 Å². The third kappa shape index (κ3) is 3.68. The summed E-state index contributed by atoms with van der Waals surface area (Å²) in [4.78, 5) is 27.7. The normalized spacial score (nSPS) is 17.8. The number of para-hydroxylation sites is 1. The molecule has 0 aromatic heterocycles. The van der Waals surface area contributed by atoms with Gasteiger partial charge in [0.05, 0.1) is 18.7 Å². The largest absolute Gasteiger partial charge is 0.507 e. The van der Waals surface area contributed by atoms with Crippen molar-refractivity contribution in [3.63, 3.8) is 0 Å². The first-order valence-electron chi connectivity index (χ1n) is 9.69. The second-order valence-corrected chi connectivity index (χ2v) is 7.69. The lowest BCUT2D eigenvalue weighted by atomic mass is 9.94. The first-order chi connectivity index (χ1) is 14.9. The van der Waals surface area contributed by atoms with Crippen LogP contribution in [0.4, 0.5) is 5.69 Å². The van der Waals surface area contributed by atoms with E-state index in [9.17, 15) is 14.7 Å². The maximum atomic E-state index is 13.2. The quantitative estimate of drug-likeness (QED) is 0.345. The summed E-state index contributed by atoms with van der Waals surface area (Å²) in [5, 5.41) is 11.6. The number of aryl methyl sites for hydroxylation is 1. The number of anilines is 1. The standard InChI is InChI=1S/C25H20ClNO4/c1-15-6-5-7-18(14-15)27-22(19-8-3-4-9-20(19)31-2)21(24(29)25(27)30)23(28)16-10-12-17(26)13-11-16/h3-14,22,28H,1-2H3/b23-21+. The van der Waals surface area contributed by atoms with Crippen LogP contribution in [0.25, 0.3) is 5.76 Å². The lowest BCUT2D eigenvalue weighted by Crippen LogP contribution is -2.29. The van der Waals surface area contributed by atoms with Gasteiger partial charge in [0.25, 0.3) is 11.7 Å². The van der Waals surface area contributed by atoms with Crippen molar-refractivity contribution in [1.29, 1.82) is 0 Å². The van der Waals surface area contributed by atoms with Crippen LogP contribution >= 0.6 is 11.6 Å². The molecule has 1 unspecified atom stereocenters. The van der Waals surface area contributed by atoms with E-state index >= 15 is 0 Å². The molecule has 3 aromatic carbocycles. The molecule has 6 heteroatoms. The minimum absolute atomic E-state index is 0.00155. The molecule has 1 aliphatic heterocycles. The van der Waals surface area contributed by atoms with E-state index in [1.807, 2.05) is 25.1 Å². The summed E-state index contributed by atoms with van der Waals surface area (Å²) < 4.78 is 5.51. The molecule has 1 atom stereocenters. The van der Waals surface area contributed by atoms with Gasteiger partial charge in [0.15, 0.2) is 0 Å². The summed E-state index contributed by atoms with van der Waals surface area (Å²) in [7, 11) is 1.52. The zero-order valence-electron chi connectivity index (χ0n) is 17.0. The summed E-state index contributed by atoms with van der Waals surface area (Å²) in [5.74, 6) is -1.22. The Kier molecular flexibility index (Phi) is 5.53. The van der Waals surface area contributed by atoms with E-state index in [-0.39, 0.29) is 11.3 Å². The van der Waals surface area contributed by atoms with E-state index in [1.54, 1.807) is 54.6 Å². The molecule has 0 aliphatic carbocycles. The Balaban J connectivity index is 1.99. The molecule has 3 aromatic rings. The summed E-state index contributed by atoms with van der Waals surface area (Å²) in [6, 6.07) is 20.1. The summed E-state index contributed by atoms with van der Waals surface area (Å²) in [6.45, 7) is 1.91. The number of methoxy groups -OCH3 is 1. The zero-order valence-corrected chi connectivity index (χ0v) is 17.8. The molecule has 1 aliphatic rings. The predicted molar refractivity (Wildman–Crippen MR) is 120 cm³/mol. The molecular weight excluding hydrogens is 414 g/mol. The topological polar surface area (TPSA) is 66.8 Å². The van der Waals surface area contributed by atoms with Crippen molar-refractivity contribution in [3.8, 4) is 5.75 Å². The number of halogens is 1. The van der Waals surface area contributed by atoms with Gasteiger partial charge < -0.3 is 9.84 Å². The van der Waals surface area contributed by atoms with Gasteiger partial charge in [-0.05, 0) is 55.0 Å². The lowest BCUT2D eigenvalue weighted by molar-refractivity contribution is -0.132. The minimum atomic E-state index is -0.853. The number of aliphatic hydroxyl groups is 1. The molecule has 1 fully saturated rings. The maximum absolute atomic E-state index is 13.2. The summed E-state index contributed by atoms with van der Waals surface area (Å²) in [6.07, 6.45) is 0. The van der Waals surface area contributed by atoms with E-state index in [0.29, 0.717) is 27.6 Å². The molecule has 156 valence electrons. The van der Waals surface area contributed by atoms with Gasteiger partial charge in [0, 0.05) is 21.8 Å².